The molecule has 0 spiro atoms. The molecule has 0 saturated carbocycles. The summed E-state index contributed by atoms with van der Waals surface area (Å²) in [6.45, 7) is 0. The van der Waals surface area contributed by atoms with E-state index in [-0.39, 0.29) is 5.75 Å². The molecule has 0 aliphatic rings. The van der Waals surface area contributed by atoms with Gasteiger partial charge in [-0.1, -0.05) is 0 Å². The number of carbonyl (C=O) groups excluding carboxylic acids is 2. The van der Waals surface area contributed by atoms with Crippen molar-refractivity contribution in [3.8, 4) is 5.75 Å². The largest absolute Gasteiger partial charge is 0.410 e. The first kappa shape index (κ1) is 8.19. The number of hydrogen-bond acceptors (Lipinski definition) is 4. The van der Waals surface area contributed by atoms with E-state index in [9.17, 15) is 9.59 Å². The summed E-state index contributed by atoms with van der Waals surface area (Å²) in [5.41, 5.74) is 5.07. The van der Waals surface area contributed by atoms with Crippen molar-refractivity contribution in [1.82, 2.24) is 4.98 Å². The Balaban J connectivity index is 2.86. The monoisotopic (exact) mass is 166 g/mol. The maximum absolute atomic E-state index is 10.3. The van der Waals surface area contributed by atoms with Crippen LogP contribution in [0.3, 0.4) is 0 Å². The molecular weight excluding hydrogens is 160 g/mol. The Labute approximate surface area is 68.2 Å². The zero-order valence-corrected chi connectivity index (χ0v) is 6.06. The summed E-state index contributed by atoms with van der Waals surface area (Å²) in [5, 5.41) is 0. The van der Waals surface area contributed by atoms with Crippen molar-refractivity contribution in [1.29, 1.82) is 0 Å². The number of carbonyl (C=O) groups is 2. The minimum Gasteiger partial charge on any atom is -0.409 e. The normalized spacial score (nSPS) is 9.00. The summed E-state index contributed by atoms with van der Waals surface area (Å²) in [7, 11) is 0. The van der Waals surface area contributed by atoms with Crippen LogP contribution in [0.4, 0.5) is 4.79 Å². The van der Waals surface area contributed by atoms with E-state index >= 15 is 0 Å². The van der Waals surface area contributed by atoms with Crippen molar-refractivity contribution >= 4 is 12.4 Å². The van der Waals surface area contributed by atoms with E-state index < -0.39 is 6.09 Å². The van der Waals surface area contributed by atoms with Gasteiger partial charge in [-0.3, -0.25) is 9.78 Å². The van der Waals surface area contributed by atoms with Crippen LogP contribution in [0.1, 0.15) is 10.4 Å². The second kappa shape index (κ2) is 3.47. The van der Waals surface area contributed by atoms with Crippen LogP contribution in [0.2, 0.25) is 0 Å². The lowest BCUT2D eigenvalue weighted by Gasteiger charge is -1.98. The molecule has 62 valence electrons. The highest BCUT2D eigenvalue weighted by molar-refractivity contribution is 5.75. The number of aldehydes is 1. The van der Waals surface area contributed by atoms with Gasteiger partial charge in [-0.25, -0.2) is 4.79 Å². The van der Waals surface area contributed by atoms with Gasteiger partial charge in [0.25, 0.3) is 0 Å². The number of primary amides is 1. The Morgan fingerprint density at radius 2 is 2.33 bits per heavy atom. The molecule has 1 amide bonds. The summed E-state index contributed by atoms with van der Waals surface area (Å²) in [6, 6.07) is 1.37. The van der Waals surface area contributed by atoms with Crippen LogP contribution < -0.4 is 10.5 Å². The highest BCUT2D eigenvalue weighted by Gasteiger charge is 1.99. The van der Waals surface area contributed by atoms with E-state index in [0.717, 1.165) is 0 Å². The maximum Gasteiger partial charge on any atom is 0.410 e. The summed E-state index contributed by atoms with van der Waals surface area (Å²) >= 11 is 0. The van der Waals surface area contributed by atoms with Crippen LogP contribution in [0.15, 0.2) is 18.5 Å². The first-order valence-electron chi connectivity index (χ1n) is 3.10. The van der Waals surface area contributed by atoms with Crippen molar-refractivity contribution in [3.63, 3.8) is 0 Å². The third-order valence-corrected chi connectivity index (χ3v) is 1.09. The van der Waals surface area contributed by atoms with Gasteiger partial charge in [0.05, 0.1) is 6.20 Å². The van der Waals surface area contributed by atoms with Gasteiger partial charge < -0.3 is 10.5 Å². The molecule has 2 N–H and O–H groups in total. The molecule has 5 nitrogen and oxygen atoms in total. The lowest BCUT2D eigenvalue weighted by atomic mass is 10.3. The number of rotatable bonds is 2. The van der Waals surface area contributed by atoms with E-state index in [1.807, 2.05) is 0 Å². The zero-order valence-electron chi connectivity index (χ0n) is 6.06. The number of nitrogens with zero attached hydrogens (tertiary/aromatic N) is 1. The molecule has 1 aromatic rings. The molecule has 1 rings (SSSR count). The van der Waals surface area contributed by atoms with Gasteiger partial charge >= 0.3 is 6.09 Å². The summed E-state index contributed by atoms with van der Waals surface area (Å²) in [4.78, 5) is 24.1. The maximum atomic E-state index is 10.3. The van der Waals surface area contributed by atoms with Crippen molar-refractivity contribution in [2.75, 3.05) is 0 Å². The van der Waals surface area contributed by atoms with Crippen LogP contribution in [-0.4, -0.2) is 17.4 Å². The third-order valence-electron chi connectivity index (χ3n) is 1.09. The highest BCUT2D eigenvalue weighted by atomic mass is 16.5. The SMILES string of the molecule is NC(=O)Oc1cncc(C=O)c1. The minimum absolute atomic E-state index is 0.159. The number of aromatic nitrogens is 1. The van der Waals surface area contributed by atoms with E-state index in [0.29, 0.717) is 11.8 Å². The molecule has 1 aromatic heterocycles. The quantitative estimate of drug-likeness (QED) is 0.642. The van der Waals surface area contributed by atoms with Crippen molar-refractivity contribution < 1.29 is 14.3 Å². The van der Waals surface area contributed by atoms with Gasteiger partial charge in [0.2, 0.25) is 0 Å². The average molecular weight is 166 g/mol. The topological polar surface area (TPSA) is 82.3 Å². The molecule has 0 fully saturated rings. The van der Waals surface area contributed by atoms with Crippen molar-refractivity contribution in [2.24, 2.45) is 5.73 Å². The van der Waals surface area contributed by atoms with Crippen molar-refractivity contribution in [3.05, 3.63) is 24.0 Å². The fourth-order valence-electron chi connectivity index (χ4n) is 0.672. The predicted molar refractivity (Wildman–Crippen MR) is 39.8 cm³/mol. The first-order valence-corrected chi connectivity index (χ1v) is 3.10. The molecule has 5 heteroatoms. The number of amides is 1. The fraction of sp³-hybridized carbons (Fsp3) is 0. The van der Waals surface area contributed by atoms with Gasteiger partial charge in [-0.15, -0.1) is 0 Å². The van der Waals surface area contributed by atoms with Crippen LogP contribution in [0.25, 0.3) is 0 Å². The summed E-state index contributed by atoms with van der Waals surface area (Å²) in [5.74, 6) is 0.159. The number of ether oxygens (including phenoxy) is 1. The van der Waals surface area contributed by atoms with E-state index in [2.05, 4.69) is 9.72 Å². The van der Waals surface area contributed by atoms with Gasteiger partial charge in [0, 0.05) is 11.8 Å². The van der Waals surface area contributed by atoms with Gasteiger partial charge in [-0.05, 0) is 6.07 Å². The van der Waals surface area contributed by atoms with E-state index in [1.165, 1.54) is 18.5 Å². The molecule has 1 heterocycles. The summed E-state index contributed by atoms with van der Waals surface area (Å²) < 4.78 is 4.47. The minimum atomic E-state index is -0.931. The van der Waals surface area contributed by atoms with E-state index in [4.69, 9.17) is 5.73 Å². The molecule has 12 heavy (non-hydrogen) atoms. The molecular formula is C7H6N2O3. The summed E-state index contributed by atoms with van der Waals surface area (Å²) in [6.07, 6.45) is 2.30. The molecule has 0 unspecified atom stereocenters. The Bertz CT molecular complexity index is 311. The lowest BCUT2D eigenvalue weighted by molar-refractivity contribution is 0.112. The number of nitrogens with two attached hydrogens (primary N) is 1. The van der Waals surface area contributed by atoms with Gasteiger partial charge in [0.1, 0.15) is 0 Å². The Morgan fingerprint density at radius 1 is 1.58 bits per heavy atom. The Hall–Kier alpha value is -1.91. The van der Waals surface area contributed by atoms with Gasteiger partial charge in [0.15, 0.2) is 12.0 Å². The van der Waals surface area contributed by atoms with Gasteiger partial charge in [-0.2, -0.15) is 0 Å². The number of pyridine rings is 1. The van der Waals surface area contributed by atoms with Crippen LogP contribution >= 0.6 is 0 Å². The predicted octanol–water partition coefficient (Wildman–Crippen LogP) is 0.352. The fourth-order valence-corrected chi connectivity index (χ4v) is 0.672. The highest BCUT2D eigenvalue weighted by Crippen LogP contribution is 2.08. The Morgan fingerprint density at radius 3 is 2.92 bits per heavy atom. The second-order valence-electron chi connectivity index (χ2n) is 1.99. The molecule has 0 saturated heterocycles. The molecule has 0 radical (unpaired) electrons. The smallest absolute Gasteiger partial charge is 0.409 e. The van der Waals surface area contributed by atoms with Crippen LogP contribution in [0, 0.1) is 0 Å². The first-order chi connectivity index (χ1) is 5.72. The molecule has 0 atom stereocenters. The number of hydrogen-bond donors (Lipinski definition) is 1. The molecule has 0 aromatic carbocycles. The van der Waals surface area contributed by atoms with Crippen LogP contribution in [0.5, 0.6) is 5.75 Å². The third kappa shape index (κ3) is 2.05. The molecule has 0 bridgehead atoms. The zero-order chi connectivity index (χ0) is 8.97. The average Bonchev–Trinajstić information content (AvgIpc) is 2.03. The molecule has 0 aliphatic heterocycles. The lowest BCUT2D eigenvalue weighted by Crippen LogP contribution is -2.16. The second-order valence-corrected chi connectivity index (χ2v) is 1.99. The molecule has 0 aliphatic carbocycles. The standard InChI is InChI=1S/C7H6N2O3/c8-7(11)12-6-1-5(4-10)2-9-3-6/h1-4H,(H2,8,11). The van der Waals surface area contributed by atoms with Crippen LogP contribution in [-0.2, 0) is 0 Å². The van der Waals surface area contributed by atoms with E-state index in [1.54, 1.807) is 0 Å². The Kier molecular flexibility index (Phi) is 2.37. The van der Waals surface area contributed by atoms with Crippen molar-refractivity contribution in [2.45, 2.75) is 0 Å².